The molecule has 0 radical (unpaired) electrons. The number of carbonyl (C=O) groups is 1. The molecule has 0 aromatic rings. The molecule has 1 heterocycles. The largest absolute Gasteiger partial charge is 0.393 e. The Morgan fingerprint density at radius 1 is 1.62 bits per heavy atom. The van der Waals surface area contributed by atoms with Gasteiger partial charge in [0, 0.05) is 19.6 Å². The number of amides is 1. The topological polar surface area (TPSA) is 78.6 Å². The molecule has 0 saturated carbocycles. The fraction of sp³-hybridized carbons (Fsp3) is 0.909. The van der Waals surface area contributed by atoms with Crippen LogP contribution < -0.4 is 11.3 Å². The number of piperidine rings is 1. The van der Waals surface area contributed by atoms with Gasteiger partial charge in [-0.1, -0.05) is 6.92 Å². The number of likely N-dealkylation sites (tertiary alicyclic amines) is 1. The van der Waals surface area contributed by atoms with E-state index in [1.54, 1.807) is 0 Å². The fourth-order valence-corrected chi connectivity index (χ4v) is 2.19. The van der Waals surface area contributed by atoms with E-state index in [-0.39, 0.29) is 17.9 Å². The normalized spacial score (nSPS) is 27.8. The first kappa shape index (κ1) is 13.4. The molecule has 4 N–H and O–H groups in total. The van der Waals surface area contributed by atoms with Crippen LogP contribution in [0.5, 0.6) is 0 Å². The second-order valence-electron chi connectivity index (χ2n) is 5.43. The molecule has 2 unspecified atom stereocenters. The van der Waals surface area contributed by atoms with Gasteiger partial charge in [-0.15, -0.1) is 0 Å². The Bertz CT molecular complexity index is 256. The molecule has 0 aromatic heterocycles. The highest BCUT2D eigenvalue weighted by molar-refractivity contribution is 5.81. The zero-order valence-corrected chi connectivity index (χ0v) is 10.4. The lowest BCUT2D eigenvalue weighted by atomic mass is 9.89. The average Bonchev–Trinajstić information content (AvgIpc) is 2.22. The minimum atomic E-state index is -0.489. The van der Waals surface area contributed by atoms with Crippen LogP contribution in [0.15, 0.2) is 0 Å². The van der Waals surface area contributed by atoms with Crippen LogP contribution in [0, 0.1) is 11.3 Å². The lowest BCUT2D eigenvalue weighted by molar-refractivity contribution is -0.130. The predicted molar refractivity (Wildman–Crippen MR) is 62.3 cm³/mol. The molecule has 2 atom stereocenters. The third kappa shape index (κ3) is 3.17. The molecule has 1 aliphatic heterocycles. The van der Waals surface area contributed by atoms with E-state index in [1.165, 1.54) is 0 Å². The number of hydrazine groups is 1. The number of rotatable bonds is 3. The number of aliphatic hydroxyl groups excluding tert-OH is 1. The number of aliphatic hydroxyl groups is 1. The molecule has 0 aliphatic carbocycles. The Hall–Kier alpha value is -0.650. The number of hydrogen-bond acceptors (Lipinski definition) is 4. The summed E-state index contributed by atoms with van der Waals surface area (Å²) in [6, 6.07) is 0. The zero-order valence-electron chi connectivity index (χ0n) is 10.4. The van der Waals surface area contributed by atoms with Crippen molar-refractivity contribution in [2.75, 3.05) is 19.6 Å². The molecule has 1 fully saturated rings. The Morgan fingerprint density at radius 2 is 2.25 bits per heavy atom. The van der Waals surface area contributed by atoms with Gasteiger partial charge in [-0.2, -0.15) is 0 Å². The smallest absolute Gasteiger partial charge is 0.240 e. The highest BCUT2D eigenvalue weighted by Crippen LogP contribution is 2.22. The van der Waals surface area contributed by atoms with E-state index < -0.39 is 5.41 Å². The third-order valence-corrected chi connectivity index (χ3v) is 3.31. The second kappa shape index (κ2) is 5.12. The van der Waals surface area contributed by atoms with Crippen LogP contribution in [0.2, 0.25) is 0 Å². The monoisotopic (exact) mass is 229 g/mol. The Balaban J connectivity index is 2.51. The standard InChI is InChI=1S/C11H23N3O2/c1-8-6-14(5-4-9(8)15)7-11(2,3)10(16)13-12/h8-9,15H,4-7,12H2,1-3H3,(H,13,16). The van der Waals surface area contributed by atoms with Crippen molar-refractivity contribution in [3.05, 3.63) is 0 Å². The van der Waals surface area contributed by atoms with Crippen molar-refractivity contribution in [3.8, 4) is 0 Å². The van der Waals surface area contributed by atoms with Gasteiger partial charge in [-0.05, 0) is 26.2 Å². The van der Waals surface area contributed by atoms with Gasteiger partial charge in [-0.25, -0.2) is 5.84 Å². The van der Waals surface area contributed by atoms with Crippen LogP contribution in [0.25, 0.3) is 0 Å². The lowest BCUT2D eigenvalue weighted by Crippen LogP contribution is -2.51. The molecule has 94 valence electrons. The molecule has 0 spiro atoms. The maximum atomic E-state index is 11.5. The average molecular weight is 229 g/mol. The molecule has 16 heavy (non-hydrogen) atoms. The second-order valence-corrected chi connectivity index (χ2v) is 5.43. The summed E-state index contributed by atoms with van der Waals surface area (Å²) in [4.78, 5) is 13.8. The number of nitrogens with one attached hydrogen (secondary N) is 1. The number of carbonyl (C=O) groups excluding carboxylic acids is 1. The van der Waals surface area contributed by atoms with Crippen molar-refractivity contribution >= 4 is 5.91 Å². The summed E-state index contributed by atoms with van der Waals surface area (Å²) in [7, 11) is 0. The predicted octanol–water partition coefficient (Wildman–Crippen LogP) is -0.295. The minimum Gasteiger partial charge on any atom is -0.393 e. The molecule has 1 rings (SSSR count). The number of hydrogen-bond donors (Lipinski definition) is 3. The quantitative estimate of drug-likeness (QED) is 0.353. The van der Waals surface area contributed by atoms with E-state index in [4.69, 9.17) is 5.84 Å². The van der Waals surface area contributed by atoms with E-state index in [0.29, 0.717) is 6.54 Å². The molecular formula is C11H23N3O2. The van der Waals surface area contributed by atoms with Crippen LogP contribution in [0.3, 0.4) is 0 Å². The molecule has 5 nitrogen and oxygen atoms in total. The fourth-order valence-electron chi connectivity index (χ4n) is 2.19. The van der Waals surface area contributed by atoms with Crippen LogP contribution in [0.4, 0.5) is 0 Å². The minimum absolute atomic E-state index is 0.147. The highest BCUT2D eigenvalue weighted by Gasteiger charge is 2.32. The van der Waals surface area contributed by atoms with Crippen LogP contribution in [-0.4, -0.2) is 41.7 Å². The number of nitrogens with zero attached hydrogens (tertiary/aromatic N) is 1. The van der Waals surface area contributed by atoms with Crippen molar-refractivity contribution in [1.29, 1.82) is 0 Å². The van der Waals surface area contributed by atoms with Crippen molar-refractivity contribution in [2.24, 2.45) is 17.2 Å². The third-order valence-electron chi connectivity index (χ3n) is 3.31. The van der Waals surface area contributed by atoms with Crippen molar-refractivity contribution in [1.82, 2.24) is 10.3 Å². The summed E-state index contributed by atoms with van der Waals surface area (Å²) in [5, 5.41) is 9.62. The van der Waals surface area contributed by atoms with Gasteiger partial charge in [0.2, 0.25) is 5.91 Å². The molecule has 1 saturated heterocycles. The van der Waals surface area contributed by atoms with Gasteiger partial charge >= 0.3 is 0 Å². The van der Waals surface area contributed by atoms with Gasteiger partial charge in [0.05, 0.1) is 11.5 Å². The summed E-state index contributed by atoms with van der Waals surface area (Å²) < 4.78 is 0. The summed E-state index contributed by atoms with van der Waals surface area (Å²) in [5.74, 6) is 5.28. The Morgan fingerprint density at radius 3 is 2.75 bits per heavy atom. The first-order valence-corrected chi connectivity index (χ1v) is 5.78. The van der Waals surface area contributed by atoms with Crippen molar-refractivity contribution in [3.63, 3.8) is 0 Å². The van der Waals surface area contributed by atoms with Crippen molar-refractivity contribution < 1.29 is 9.90 Å². The van der Waals surface area contributed by atoms with Crippen LogP contribution in [0.1, 0.15) is 27.2 Å². The lowest BCUT2D eigenvalue weighted by Gasteiger charge is -2.38. The van der Waals surface area contributed by atoms with Crippen LogP contribution >= 0.6 is 0 Å². The maximum Gasteiger partial charge on any atom is 0.240 e. The molecule has 1 amide bonds. The molecule has 5 heteroatoms. The first-order valence-electron chi connectivity index (χ1n) is 5.78. The zero-order chi connectivity index (χ0) is 12.3. The van der Waals surface area contributed by atoms with E-state index >= 15 is 0 Å². The summed E-state index contributed by atoms with van der Waals surface area (Å²) in [6.45, 7) is 8.14. The van der Waals surface area contributed by atoms with E-state index in [9.17, 15) is 9.90 Å². The maximum absolute atomic E-state index is 11.5. The van der Waals surface area contributed by atoms with E-state index in [1.807, 2.05) is 20.8 Å². The van der Waals surface area contributed by atoms with E-state index in [2.05, 4.69) is 10.3 Å². The van der Waals surface area contributed by atoms with Gasteiger partial charge in [0.1, 0.15) is 0 Å². The molecule has 0 bridgehead atoms. The highest BCUT2D eigenvalue weighted by atomic mass is 16.3. The Labute approximate surface area is 97.0 Å². The van der Waals surface area contributed by atoms with Crippen molar-refractivity contribution in [2.45, 2.75) is 33.3 Å². The van der Waals surface area contributed by atoms with Gasteiger partial charge in [-0.3, -0.25) is 10.2 Å². The Kier molecular flexibility index (Phi) is 4.29. The summed E-state index contributed by atoms with van der Waals surface area (Å²) >= 11 is 0. The summed E-state index contributed by atoms with van der Waals surface area (Å²) in [6.07, 6.45) is 0.573. The van der Waals surface area contributed by atoms with Gasteiger partial charge < -0.3 is 10.0 Å². The molecular weight excluding hydrogens is 206 g/mol. The first-order chi connectivity index (χ1) is 7.36. The summed E-state index contributed by atoms with van der Waals surface area (Å²) in [5.41, 5.74) is 1.71. The molecule has 0 aromatic carbocycles. The molecule has 1 aliphatic rings. The SMILES string of the molecule is CC1CN(CC(C)(C)C(=O)NN)CCC1O. The van der Waals surface area contributed by atoms with Gasteiger partial charge in [0.15, 0.2) is 0 Å². The number of nitrogens with two attached hydrogens (primary N) is 1. The van der Waals surface area contributed by atoms with Crippen LogP contribution in [-0.2, 0) is 4.79 Å². The van der Waals surface area contributed by atoms with E-state index in [0.717, 1.165) is 19.5 Å². The van der Waals surface area contributed by atoms with Gasteiger partial charge in [0.25, 0.3) is 0 Å².